The van der Waals surface area contributed by atoms with Gasteiger partial charge < -0.3 is 29.2 Å². The second kappa shape index (κ2) is 11.6. The van der Waals surface area contributed by atoms with Crippen molar-refractivity contribution >= 4 is 11.8 Å². The summed E-state index contributed by atoms with van der Waals surface area (Å²) in [5, 5.41) is 2.89. The molecule has 0 saturated heterocycles. The summed E-state index contributed by atoms with van der Waals surface area (Å²) in [6.45, 7) is 2.24. The van der Waals surface area contributed by atoms with Crippen LogP contribution in [0, 0.1) is 5.82 Å². The van der Waals surface area contributed by atoms with Crippen molar-refractivity contribution in [3.8, 4) is 23.0 Å². The van der Waals surface area contributed by atoms with E-state index in [1.807, 2.05) is 12.1 Å². The average molecular weight is 509 g/mol. The number of halogens is 1. The number of fused-ring (bicyclic) bond motifs is 1. The van der Waals surface area contributed by atoms with Gasteiger partial charge in [0.2, 0.25) is 18.6 Å². The molecule has 4 rings (SSSR count). The molecule has 0 saturated carbocycles. The molecule has 0 aliphatic carbocycles. The molecule has 0 spiro atoms. The summed E-state index contributed by atoms with van der Waals surface area (Å²) >= 11 is 0. The number of amides is 2. The van der Waals surface area contributed by atoms with Crippen LogP contribution in [0.3, 0.4) is 0 Å². The van der Waals surface area contributed by atoms with E-state index >= 15 is 0 Å². The molecule has 9 heteroatoms. The minimum atomic E-state index is -0.785. The number of carbonyl (C=O) groups is 2. The molecule has 0 fully saturated rings. The summed E-state index contributed by atoms with van der Waals surface area (Å²) in [6, 6.07) is 15.8. The molecule has 2 amide bonds. The highest BCUT2D eigenvalue weighted by atomic mass is 19.1. The zero-order valence-corrected chi connectivity index (χ0v) is 21.0. The van der Waals surface area contributed by atoms with Gasteiger partial charge in [0, 0.05) is 13.1 Å². The predicted molar refractivity (Wildman–Crippen MR) is 134 cm³/mol. The van der Waals surface area contributed by atoms with E-state index in [9.17, 15) is 14.0 Å². The van der Waals surface area contributed by atoms with E-state index < -0.39 is 6.04 Å². The summed E-state index contributed by atoms with van der Waals surface area (Å²) in [6.07, 6.45) is 0.0430. The van der Waals surface area contributed by atoms with Crippen molar-refractivity contribution in [1.29, 1.82) is 0 Å². The minimum absolute atomic E-state index is 0.0430. The lowest BCUT2D eigenvalue weighted by atomic mass is 10.1. The third kappa shape index (κ3) is 6.30. The zero-order valence-electron chi connectivity index (χ0n) is 21.0. The largest absolute Gasteiger partial charge is 0.493 e. The molecular weight excluding hydrogens is 479 g/mol. The van der Waals surface area contributed by atoms with Crippen molar-refractivity contribution in [3.05, 3.63) is 83.2 Å². The van der Waals surface area contributed by atoms with E-state index in [2.05, 4.69) is 5.32 Å². The fourth-order valence-electron chi connectivity index (χ4n) is 4.02. The fraction of sp³-hybridized carbons (Fsp3) is 0.286. The van der Waals surface area contributed by atoms with Crippen LogP contribution in [0.2, 0.25) is 0 Å². The third-order valence-corrected chi connectivity index (χ3v) is 6.14. The zero-order chi connectivity index (χ0) is 26.4. The first-order valence-corrected chi connectivity index (χ1v) is 11.8. The van der Waals surface area contributed by atoms with Gasteiger partial charge in [-0.25, -0.2) is 4.39 Å². The molecule has 194 valence electrons. The normalized spacial score (nSPS) is 12.5. The SMILES string of the molecule is COc1ccc(CC(=O)N(Cc2ccc(F)cc2)[C@H](C)C(=O)NCc2ccc3c(c2)OCO3)cc1OC. The Morgan fingerprint density at radius 3 is 2.32 bits per heavy atom. The number of rotatable bonds is 10. The Kier molecular flexibility index (Phi) is 8.12. The number of hydrogen-bond donors (Lipinski definition) is 1. The first-order chi connectivity index (χ1) is 17.9. The maximum atomic E-state index is 13.5. The summed E-state index contributed by atoms with van der Waals surface area (Å²) in [7, 11) is 3.06. The molecule has 1 aliphatic heterocycles. The van der Waals surface area contributed by atoms with Gasteiger partial charge in [-0.1, -0.05) is 24.3 Å². The summed E-state index contributed by atoms with van der Waals surface area (Å²) in [4.78, 5) is 28.1. The second-order valence-corrected chi connectivity index (χ2v) is 8.60. The lowest BCUT2D eigenvalue weighted by Gasteiger charge is -2.29. The molecule has 1 N–H and O–H groups in total. The van der Waals surface area contributed by atoms with E-state index in [0.717, 1.165) is 5.56 Å². The van der Waals surface area contributed by atoms with Crippen LogP contribution in [0.25, 0.3) is 0 Å². The fourth-order valence-corrected chi connectivity index (χ4v) is 4.02. The third-order valence-electron chi connectivity index (χ3n) is 6.14. The molecule has 3 aromatic rings. The van der Waals surface area contributed by atoms with Crippen molar-refractivity contribution in [1.82, 2.24) is 10.2 Å². The summed E-state index contributed by atoms with van der Waals surface area (Å²) in [5.74, 6) is 1.40. The van der Waals surface area contributed by atoms with Crippen molar-refractivity contribution in [2.45, 2.75) is 32.5 Å². The summed E-state index contributed by atoms with van der Waals surface area (Å²) < 4.78 is 34.8. The Hall–Kier alpha value is -4.27. The van der Waals surface area contributed by atoms with Crippen LogP contribution >= 0.6 is 0 Å². The van der Waals surface area contributed by atoms with Gasteiger partial charge in [0.05, 0.1) is 20.6 Å². The molecule has 3 aromatic carbocycles. The van der Waals surface area contributed by atoms with Crippen LogP contribution in [0.5, 0.6) is 23.0 Å². The Morgan fingerprint density at radius 1 is 0.919 bits per heavy atom. The monoisotopic (exact) mass is 508 g/mol. The van der Waals surface area contributed by atoms with Crippen LogP contribution in [0.15, 0.2) is 60.7 Å². The Morgan fingerprint density at radius 2 is 1.59 bits per heavy atom. The number of hydrogen-bond acceptors (Lipinski definition) is 6. The molecule has 1 atom stereocenters. The van der Waals surface area contributed by atoms with Crippen LogP contribution in [0.4, 0.5) is 4.39 Å². The molecule has 0 aromatic heterocycles. The van der Waals surface area contributed by atoms with E-state index in [4.69, 9.17) is 18.9 Å². The van der Waals surface area contributed by atoms with Gasteiger partial charge in [0.25, 0.3) is 0 Å². The molecular formula is C28H29FN2O6. The van der Waals surface area contributed by atoms with Gasteiger partial charge in [-0.2, -0.15) is 0 Å². The second-order valence-electron chi connectivity index (χ2n) is 8.60. The van der Waals surface area contributed by atoms with Crippen molar-refractivity contribution in [2.75, 3.05) is 21.0 Å². The van der Waals surface area contributed by atoms with Gasteiger partial charge in [0.15, 0.2) is 23.0 Å². The molecule has 1 aliphatic rings. The van der Waals surface area contributed by atoms with Crippen LogP contribution in [-0.4, -0.2) is 43.8 Å². The van der Waals surface area contributed by atoms with Gasteiger partial charge in [-0.05, 0) is 60.0 Å². The highest BCUT2D eigenvalue weighted by Gasteiger charge is 2.26. The number of carbonyl (C=O) groups excluding carboxylic acids is 2. The minimum Gasteiger partial charge on any atom is -0.493 e. The maximum Gasteiger partial charge on any atom is 0.242 e. The molecule has 37 heavy (non-hydrogen) atoms. The van der Waals surface area contributed by atoms with Crippen molar-refractivity contribution in [2.24, 2.45) is 0 Å². The van der Waals surface area contributed by atoms with Gasteiger partial charge in [0.1, 0.15) is 11.9 Å². The lowest BCUT2D eigenvalue weighted by molar-refractivity contribution is -0.140. The van der Waals surface area contributed by atoms with Gasteiger partial charge in [-0.15, -0.1) is 0 Å². The Bertz CT molecular complexity index is 1260. The Balaban J connectivity index is 1.49. The van der Waals surface area contributed by atoms with Crippen LogP contribution in [0.1, 0.15) is 23.6 Å². The van der Waals surface area contributed by atoms with Gasteiger partial charge >= 0.3 is 0 Å². The number of nitrogens with one attached hydrogen (secondary N) is 1. The molecule has 1 heterocycles. The first-order valence-electron chi connectivity index (χ1n) is 11.8. The molecule has 0 radical (unpaired) electrons. The number of ether oxygens (including phenoxy) is 4. The number of nitrogens with zero attached hydrogens (tertiary/aromatic N) is 1. The summed E-state index contributed by atoms with van der Waals surface area (Å²) in [5.41, 5.74) is 2.25. The van der Waals surface area contributed by atoms with Crippen LogP contribution < -0.4 is 24.3 Å². The van der Waals surface area contributed by atoms with E-state index in [0.29, 0.717) is 34.1 Å². The molecule has 8 nitrogen and oxygen atoms in total. The van der Waals surface area contributed by atoms with E-state index in [-0.39, 0.29) is 43.9 Å². The Labute approximate surface area is 214 Å². The average Bonchev–Trinajstić information content (AvgIpc) is 3.39. The van der Waals surface area contributed by atoms with Gasteiger partial charge in [-0.3, -0.25) is 9.59 Å². The first kappa shape index (κ1) is 25.8. The molecule has 0 bridgehead atoms. The number of methoxy groups -OCH3 is 2. The lowest BCUT2D eigenvalue weighted by Crippen LogP contribution is -2.48. The highest BCUT2D eigenvalue weighted by molar-refractivity contribution is 5.88. The van der Waals surface area contributed by atoms with E-state index in [1.54, 1.807) is 43.3 Å². The quantitative estimate of drug-likeness (QED) is 0.448. The predicted octanol–water partition coefficient (Wildman–Crippen LogP) is 3.85. The highest BCUT2D eigenvalue weighted by Crippen LogP contribution is 2.32. The van der Waals surface area contributed by atoms with Crippen LogP contribution in [-0.2, 0) is 29.1 Å². The topological polar surface area (TPSA) is 86.3 Å². The smallest absolute Gasteiger partial charge is 0.242 e. The standard InChI is InChI=1S/C28H29FN2O6/c1-18(28(33)30-15-21-7-11-24-26(13-21)37-17-36-24)31(16-19-4-8-22(29)9-5-19)27(32)14-20-6-10-23(34-2)25(12-20)35-3/h4-13,18H,14-17H2,1-3H3,(H,30,33)/t18-/m1/s1. The van der Waals surface area contributed by atoms with E-state index in [1.165, 1.54) is 31.3 Å². The van der Waals surface area contributed by atoms with Crippen molar-refractivity contribution < 1.29 is 32.9 Å². The number of benzene rings is 3. The molecule has 0 unspecified atom stereocenters. The maximum absolute atomic E-state index is 13.5. The van der Waals surface area contributed by atoms with Crippen molar-refractivity contribution in [3.63, 3.8) is 0 Å².